The van der Waals surface area contributed by atoms with Crippen LogP contribution in [-0.2, 0) is 11.2 Å². The number of likely N-dealkylation sites (N-methyl/N-ethyl adjacent to an activating group) is 1. The second-order valence-electron chi connectivity index (χ2n) is 6.86. The lowest BCUT2D eigenvalue weighted by molar-refractivity contribution is -0.116. The Labute approximate surface area is 188 Å². The van der Waals surface area contributed by atoms with E-state index in [1.54, 1.807) is 37.4 Å². The van der Waals surface area contributed by atoms with Gasteiger partial charge in [-0.05, 0) is 64.3 Å². The Bertz CT molecular complexity index is 1110. The number of aryl methyl sites for hydroxylation is 1. The normalized spacial score (nSPS) is 10.4. The third-order valence-corrected chi connectivity index (χ3v) is 4.99. The van der Waals surface area contributed by atoms with E-state index in [4.69, 9.17) is 4.42 Å². The van der Waals surface area contributed by atoms with Crippen LogP contribution in [-0.4, -0.2) is 36.2 Å². The zero-order chi connectivity index (χ0) is 22.4. The third-order valence-electron chi connectivity index (χ3n) is 4.56. The van der Waals surface area contributed by atoms with Crippen LogP contribution in [0.4, 0.5) is 11.4 Å². The summed E-state index contributed by atoms with van der Waals surface area (Å²) >= 11 is 3.15. The largest absolute Gasteiger partial charge is 0.444 e. The summed E-state index contributed by atoms with van der Waals surface area (Å²) in [5, 5.41) is 5.54. The Morgan fingerprint density at radius 2 is 1.77 bits per heavy atom. The van der Waals surface area contributed by atoms with Crippen LogP contribution in [0.5, 0.6) is 0 Å². The average molecular weight is 484 g/mol. The predicted molar refractivity (Wildman–Crippen MR) is 122 cm³/mol. The van der Waals surface area contributed by atoms with Gasteiger partial charge in [0.2, 0.25) is 5.91 Å². The Kier molecular flexibility index (Phi) is 7.25. The van der Waals surface area contributed by atoms with E-state index in [1.807, 2.05) is 31.2 Å². The van der Waals surface area contributed by atoms with Gasteiger partial charge in [0.05, 0.1) is 6.54 Å². The van der Waals surface area contributed by atoms with Crippen LogP contribution < -0.4 is 10.6 Å². The van der Waals surface area contributed by atoms with Crippen molar-refractivity contribution in [1.29, 1.82) is 0 Å². The van der Waals surface area contributed by atoms with Gasteiger partial charge in [0.25, 0.3) is 11.8 Å². The van der Waals surface area contributed by atoms with Gasteiger partial charge in [-0.15, -0.1) is 0 Å². The van der Waals surface area contributed by atoms with Crippen molar-refractivity contribution < 1.29 is 18.8 Å². The van der Waals surface area contributed by atoms with E-state index in [9.17, 15) is 14.4 Å². The van der Waals surface area contributed by atoms with Crippen molar-refractivity contribution in [3.63, 3.8) is 0 Å². The molecule has 3 amide bonds. The number of benzene rings is 2. The zero-order valence-corrected chi connectivity index (χ0v) is 18.7. The molecule has 3 rings (SSSR count). The number of hydrogen-bond donors (Lipinski definition) is 2. The minimum absolute atomic E-state index is 0.103. The van der Waals surface area contributed by atoms with Crippen molar-refractivity contribution in [2.45, 2.75) is 13.3 Å². The lowest BCUT2D eigenvalue weighted by Crippen LogP contribution is -2.35. The van der Waals surface area contributed by atoms with Gasteiger partial charge < -0.3 is 20.0 Å². The molecule has 0 aliphatic heterocycles. The number of para-hydroxylation sites is 1. The van der Waals surface area contributed by atoms with E-state index in [1.165, 1.54) is 11.0 Å². The predicted octanol–water partition coefficient (Wildman–Crippen LogP) is 4.57. The Balaban J connectivity index is 1.63. The summed E-state index contributed by atoms with van der Waals surface area (Å²) in [6.45, 7) is 1.91. The maximum absolute atomic E-state index is 12.8. The highest BCUT2D eigenvalue weighted by Gasteiger charge is 2.17. The molecule has 0 radical (unpaired) electrons. The molecule has 0 bridgehead atoms. The smallest absolute Gasteiger partial charge is 0.291 e. The highest BCUT2D eigenvalue weighted by Crippen LogP contribution is 2.18. The minimum Gasteiger partial charge on any atom is -0.444 e. The number of nitrogens with one attached hydrogen (secondary N) is 2. The average Bonchev–Trinajstić information content (AvgIpc) is 3.20. The Morgan fingerprint density at radius 3 is 2.48 bits per heavy atom. The fourth-order valence-electron chi connectivity index (χ4n) is 3.01. The summed E-state index contributed by atoms with van der Waals surface area (Å²) in [7, 11) is 1.55. The second kappa shape index (κ2) is 10.1. The van der Waals surface area contributed by atoms with E-state index >= 15 is 0 Å². The molecule has 0 atom stereocenters. The molecule has 1 aromatic heterocycles. The van der Waals surface area contributed by atoms with Gasteiger partial charge in [0.15, 0.2) is 10.4 Å². The van der Waals surface area contributed by atoms with Crippen LogP contribution in [0.1, 0.15) is 33.4 Å². The van der Waals surface area contributed by atoms with E-state index < -0.39 is 5.91 Å². The Hall–Kier alpha value is -3.39. The number of rotatable bonds is 7. The molecule has 0 unspecified atom stereocenters. The van der Waals surface area contributed by atoms with Crippen LogP contribution >= 0.6 is 15.9 Å². The first-order valence-electron chi connectivity index (χ1n) is 9.67. The molecule has 7 nitrogen and oxygen atoms in total. The number of anilines is 2. The molecule has 31 heavy (non-hydrogen) atoms. The monoisotopic (exact) mass is 483 g/mol. The van der Waals surface area contributed by atoms with Crippen molar-refractivity contribution in [2.75, 3.05) is 24.2 Å². The van der Waals surface area contributed by atoms with Gasteiger partial charge in [-0.25, -0.2) is 0 Å². The molecule has 2 N–H and O–H groups in total. The van der Waals surface area contributed by atoms with E-state index in [0.29, 0.717) is 15.9 Å². The minimum atomic E-state index is -0.433. The van der Waals surface area contributed by atoms with Crippen molar-refractivity contribution in [1.82, 2.24) is 4.90 Å². The van der Waals surface area contributed by atoms with Gasteiger partial charge in [-0.3, -0.25) is 14.4 Å². The second-order valence-corrected chi connectivity index (χ2v) is 7.64. The van der Waals surface area contributed by atoms with Gasteiger partial charge in [0, 0.05) is 24.0 Å². The number of amides is 3. The molecular formula is C23H22BrN3O4. The maximum Gasteiger partial charge on any atom is 0.291 e. The quantitative estimate of drug-likeness (QED) is 0.514. The molecule has 1 heterocycles. The van der Waals surface area contributed by atoms with Gasteiger partial charge in [0.1, 0.15) is 0 Å². The fraction of sp³-hybridized carbons (Fsp3) is 0.174. The van der Waals surface area contributed by atoms with Crippen LogP contribution in [0.2, 0.25) is 0 Å². The summed E-state index contributed by atoms with van der Waals surface area (Å²) in [6, 6.07) is 17.2. The molecule has 0 aliphatic carbocycles. The van der Waals surface area contributed by atoms with Crippen molar-refractivity contribution in [3.8, 4) is 0 Å². The van der Waals surface area contributed by atoms with Gasteiger partial charge in [-0.1, -0.05) is 31.2 Å². The van der Waals surface area contributed by atoms with Gasteiger partial charge in [-0.2, -0.15) is 0 Å². The maximum atomic E-state index is 12.8. The van der Waals surface area contributed by atoms with Crippen LogP contribution in [0, 0.1) is 0 Å². The molecule has 0 fully saturated rings. The summed E-state index contributed by atoms with van der Waals surface area (Å²) < 4.78 is 5.67. The molecule has 3 aromatic rings. The highest BCUT2D eigenvalue weighted by molar-refractivity contribution is 9.10. The van der Waals surface area contributed by atoms with Crippen LogP contribution in [0.15, 0.2) is 69.8 Å². The van der Waals surface area contributed by atoms with E-state index in [-0.39, 0.29) is 24.1 Å². The molecule has 0 aliphatic rings. The molecule has 160 valence electrons. The number of furan rings is 1. The number of carbonyl (C=O) groups is 3. The number of hydrogen-bond acceptors (Lipinski definition) is 4. The summed E-state index contributed by atoms with van der Waals surface area (Å²) in [6.07, 6.45) is 0.790. The molecule has 0 saturated heterocycles. The highest BCUT2D eigenvalue weighted by atomic mass is 79.9. The summed E-state index contributed by atoms with van der Waals surface area (Å²) in [4.78, 5) is 38.8. The first kappa shape index (κ1) is 22.3. The van der Waals surface area contributed by atoms with E-state index in [0.717, 1.165) is 17.7 Å². The van der Waals surface area contributed by atoms with Crippen LogP contribution in [0.3, 0.4) is 0 Å². The fourth-order valence-corrected chi connectivity index (χ4v) is 3.31. The first-order chi connectivity index (χ1) is 14.9. The summed E-state index contributed by atoms with van der Waals surface area (Å²) in [5.41, 5.74) is 2.56. The summed E-state index contributed by atoms with van der Waals surface area (Å²) in [5.74, 6) is -0.914. The van der Waals surface area contributed by atoms with Crippen molar-refractivity contribution in [2.24, 2.45) is 0 Å². The number of halogens is 1. The molecule has 0 saturated carbocycles. The lowest BCUT2D eigenvalue weighted by atomic mass is 10.1. The lowest BCUT2D eigenvalue weighted by Gasteiger charge is -2.18. The van der Waals surface area contributed by atoms with Crippen LogP contribution in [0.25, 0.3) is 0 Å². The molecule has 8 heteroatoms. The standard InChI is InChI=1S/C23H22BrN3O4/c1-3-15-7-4-5-10-18(15)26-21(28)14-27(2)23(30)16-8-6-9-17(13-16)25-22(29)19-11-12-20(24)31-19/h4-13H,3,14H2,1-2H3,(H,25,29)(H,26,28). The molecule has 0 spiro atoms. The zero-order valence-electron chi connectivity index (χ0n) is 17.1. The molecule has 2 aromatic carbocycles. The Morgan fingerprint density at radius 1 is 1.00 bits per heavy atom. The number of carbonyl (C=O) groups excluding carboxylic acids is 3. The first-order valence-corrected chi connectivity index (χ1v) is 10.5. The SMILES string of the molecule is CCc1ccccc1NC(=O)CN(C)C(=O)c1cccc(NC(=O)c2ccc(Br)o2)c1. The number of nitrogens with zero attached hydrogens (tertiary/aromatic N) is 1. The van der Waals surface area contributed by atoms with Crippen molar-refractivity contribution in [3.05, 3.63) is 82.2 Å². The topological polar surface area (TPSA) is 91.7 Å². The molecular weight excluding hydrogens is 462 g/mol. The third kappa shape index (κ3) is 5.82. The van der Waals surface area contributed by atoms with Gasteiger partial charge >= 0.3 is 0 Å². The van der Waals surface area contributed by atoms with E-state index in [2.05, 4.69) is 26.6 Å². The van der Waals surface area contributed by atoms with Crippen molar-refractivity contribution >= 4 is 45.0 Å².